The van der Waals surface area contributed by atoms with Crippen LogP contribution in [0.15, 0.2) is 79.0 Å². The molecule has 0 bridgehead atoms. The third kappa shape index (κ3) is 4.49. The number of aliphatic carboxylic acids is 1. The highest BCUT2D eigenvalue weighted by Crippen LogP contribution is 2.31. The normalized spacial score (nSPS) is 11.5. The van der Waals surface area contributed by atoms with Gasteiger partial charge in [-0.3, -0.25) is 4.79 Å². The second-order valence-corrected chi connectivity index (χ2v) is 7.09. The number of Topliss-reactive ketones (excluding diaryl/α,β-unsaturated/α-hetero) is 1. The Balaban J connectivity index is 1.77. The summed E-state index contributed by atoms with van der Waals surface area (Å²) in [4.78, 5) is 23.5. The molecule has 0 unspecified atom stereocenters. The van der Waals surface area contributed by atoms with Crippen molar-refractivity contribution in [1.29, 1.82) is 0 Å². The molecule has 0 amide bonds. The third-order valence-corrected chi connectivity index (χ3v) is 4.94. The molecule has 3 aromatic carbocycles. The lowest BCUT2D eigenvalue weighted by Crippen LogP contribution is -2.16. The van der Waals surface area contributed by atoms with Crippen LogP contribution in [0.25, 0.3) is 22.0 Å². The van der Waals surface area contributed by atoms with Crippen molar-refractivity contribution in [2.75, 3.05) is 0 Å². The van der Waals surface area contributed by atoms with Crippen molar-refractivity contribution >= 4 is 22.7 Å². The Bertz CT molecular complexity index is 1290. The second-order valence-electron chi connectivity index (χ2n) is 7.09. The van der Waals surface area contributed by atoms with Crippen molar-refractivity contribution in [1.82, 2.24) is 4.57 Å². The maximum absolute atomic E-state index is 12.4. The fourth-order valence-corrected chi connectivity index (χ4v) is 3.53. The molecule has 162 valence electrons. The van der Waals surface area contributed by atoms with E-state index in [-0.39, 0.29) is 11.3 Å². The molecule has 1 N–H and O–H groups in total. The van der Waals surface area contributed by atoms with E-state index in [9.17, 15) is 27.9 Å². The molecular formula is C24H16F3NO4. The number of hydrogen-bond donors (Lipinski definition) is 1. The molecule has 0 spiro atoms. The van der Waals surface area contributed by atoms with Crippen molar-refractivity contribution in [3.05, 3.63) is 90.1 Å². The summed E-state index contributed by atoms with van der Waals surface area (Å²) >= 11 is 0. The molecule has 0 radical (unpaired) electrons. The first-order valence-corrected chi connectivity index (χ1v) is 9.52. The smallest absolute Gasteiger partial charge is 0.475 e. The minimum atomic E-state index is -4.77. The molecule has 32 heavy (non-hydrogen) atoms. The van der Waals surface area contributed by atoms with Gasteiger partial charge in [-0.2, -0.15) is 0 Å². The Morgan fingerprint density at radius 3 is 2.19 bits per heavy atom. The van der Waals surface area contributed by atoms with Crippen LogP contribution in [0.1, 0.15) is 15.9 Å². The van der Waals surface area contributed by atoms with Gasteiger partial charge in [0.25, 0.3) is 5.78 Å². The van der Waals surface area contributed by atoms with E-state index in [4.69, 9.17) is 0 Å². The number of halogens is 3. The summed E-state index contributed by atoms with van der Waals surface area (Å²) in [6, 6.07) is 20.0. The number of fused-ring (bicyclic) bond motifs is 1. The lowest BCUT2D eigenvalue weighted by Gasteiger charge is -2.10. The fourth-order valence-electron chi connectivity index (χ4n) is 3.53. The summed E-state index contributed by atoms with van der Waals surface area (Å²) in [5.41, 5.74) is 2.99. The number of carbonyl (C=O) groups is 2. The number of benzene rings is 3. The van der Waals surface area contributed by atoms with Gasteiger partial charge < -0.3 is 14.4 Å². The lowest BCUT2D eigenvalue weighted by molar-refractivity contribution is -0.274. The van der Waals surface area contributed by atoms with E-state index < -0.39 is 18.1 Å². The number of ether oxygens (including phenoxy) is 1. The maximum Gasteiger partial charge on any atom is 0.573 e. The van der Waals surface area contributed by atoms with Crippen molar-refractivity contribution in [2.24, 2.45) is 0 Å². The number of carbonyl (C=O) groups excluding carboxylic acids is 1. The quantitative estimate of drug-likeness (QED) is 0.317. The van der Waals surface area contributed by atoms with E-state index in [1.807, 2.05) is 30.3 Å². The Labute approximate surface area is 180 Å². The van der Waals surface area contributed by atoms with Crippen LogP contribution in [0.2, 0.25) is 0 Å². The van der Waals surface area contributed by atoms with Gasteiger partial charge in [-0.15, -0.1) is 13.2 Å². The maximum atomic E-state index is 12.4. The average molecular weight is 439 g/mol. The number of nitrogens with zero attached hydrogens (tertiary/aromatic N) is 1. The van der Waals surface area contributed by atoms with Gasteiger partial charge in [0.05, 0.1) is 5.56 Å². The number of rotatable bonds is 6. The highest BCUT2D eigenvalue weighted by molar-refractivity contribution is 6.42. The van der Waals surface area contributed by atoms with Gasteiger partial charge in [-0.1, -0.05) is 54.6 Å². The van der Waals surface area contributed by atoms with E-state index in [1.165, 1.54) is 30.5 Å². The fraction of sp³-hybridized carbons (Fsp3) is 0.0833. The summed E-state index contributed by atoms with van der Waals surface area (Å²) < 4.78 is 42.9. The predicted molar refractivity (Wildman–Crippen MR) is 112 cm³/mol. The van der Waals surface area contributed by atoms with Gasteiger partial charge in [-0.05, 0) is 34.9 Å². The molecule has 0 fully saturated rings. The molecule has 0 aliphatic heterocycles. The third-order valence-electron chi connectivity index (χ3n) is 4.94. The summed E-state index contributed by atoms with van der Waals surface area (Å²) in [7, 11) is 0. The van der Waals surface area contributed by atoms with Crippen LogP contribution in [0.5, 0.6) is 5.75 Å². The largest absolute Gasteiger partial charge is 0.573 e. The van der Waals surface area contributed by atoms with Crippen molar-refractivity contribution in [3.8, 4) is 16.9 Å². The summed E-state index contributed by atoms with van der Waals surface area (Å²) in [5.74, 6) is -2.89. The van der Waals surface area contributed by atoms with Crippen molar-refractivity contribution in [3.63, 3.8) is 0 Å². The van der Waals surface area contributed by atoms with E-state index >= 15 is 0 Å². The molecule has 0 aliphatic rings. The Morgan fingerprint density at radius 2 is 1.56 bits per heavy atom. The monoisotopic (exact) mass is 439 g/mol. The number of ketones is 1. The number of carboxylic acids is 1. The zero-order valence-corrected chi connectivity index (χ0v) is 16.5. The summed E-state index contributed by atoms with van der Waals surface area (Å²) in [6.07, 6.45) is -3.26. The minimum absolute atomic E-state index is 0.0731. The van der Waals surface area contributed by atoms with Gasteiger partial charge in [0.15, 0.2) is 0 Å². The van der Waals surface area contributed by atoms with Crippen molar-refractivity contribution in [2.45, 2.75) is 12.9 Å². The van der Waals surface area contributed by atoms with Crippen LogP contribution in [-0.4, -0.2) is 27.8 Å². The highest BCUT2D eigenvalue weighted by Gasteiger charge is 2.31. The molecule has 0 aliphatic carbocycles. The molecule has 4 rings (SSSR count). The zero-order chi connectivity index (χ0) is 22.9. The minimum Gasteiger partial charge on any atom is -0.475 e. The average Bonchev–Trinajstić information content (AvgIpc) is 3.11. The highest BCUT2D eigenvalue weighted by atomic mass is 19.4. The zero-order valence-electron chi connectivity index (χ0n) is 16.5. The molecule has 0 saturated heterocycles. The predicted octanol–water partition coefficient (Wildman–Crippen LogP) is 5.52. The first kappa shape index (κ1) is 21.2. The number of hydrogen-bond acceptors (Lipinski definition) is 3. The van der Waals surface area contributed by atoms with E-state index in [2.05, 4.69) is 4.74 Å². The van der Waals surface area contributed by atoms with Gasteiger partial charge in [0.2, 0.25) is 0 Å². The molecule has 8 heteroatoms. The van der Waals surface area contributed by atoms with Crippen molar-refractivity contribution < 1.29 is 32.6 Å². The molecule has 0 atom stereocenters. The van der Waals surface area contributed by atoms with Crippen LogP contribution in [-0.2, 0) is 11.3 Å². The molecule has 1 aromatic heterocycles. The van der Waals surface area contributed by atoms with Gasteiger partial charge in [-0.25, -0.2) is 4.79 Å². The molecule has 5 nitrogen and oxygen atoms in total. The second kappa shape index (κ2) is 8.22. The van der Waals surface area contributed by atoms with E-state index in [0.717, 1.165) is 5.56 Å². The van der Waals surface area contributed by atoms with Crippen LogP contribution in [0.3, 0.4) is 0 Å². The summed E-state index contributed by atoms with van der Waals surface area (Å²) in [6.45, 7) is 0.409. The number of aromatic nitrogens is 1. The van der Waals surface area contributed by atoms with Crippen LogP contribution >= 0.6 is 0 Å². The topological polar surface area (TPSA) is 68.5 Å². The summed E-state index contributed by atoms with van der Waals surface area (Å²) in [5, 5.41) is 9.66. The Hall–Kier alpha value is -4.07. The van der Waals surface area contributed by atoms with Crippen LogP contribution in [0, 0.1) is 0 Å². The number of alkyl halides is 3. The lowest BCUT2D eigenvalue weighted by atomic mass is 10.0. The number of carboxylic acid groups (broad SMARTS) is 1. The molecule has 1 heterocycles. The van der Waals surface area contributed by atoms with Gasteiger partial charge in [0.1, 0.15) is 5.75 Å². The van der Waals surface area contributed by atoms with E-state index in [0.29, 0.717) is 28.6 Å². The first-order chi connectivity index (χ1) is 15.2. The molecular weight excluding hydrogens is 423 g/mol. The Morgan fingerprint density at radius 1 is 0.906 bits per heavy atom. The first-order valence-electron chi connectivity index (χ1n) is 9.52. The molecule has 0 saturated carbocycles. The van der Waals surface area contributed by atoms with Crippen LogP contribution < -0.4 is 4.74 Å². The SMILES string of the molecule is O=C(O)C(=O)c1cn(Cc2ccccc2)c2cc(-c3ccc(OC(F)(F)F)cc3)ccc12. The standard InChI is InChI=1S/C24H16F3NO4/c25-24(26,27)32-18-9-6-16(7-10-18)17-8-11-19-20(22(29)23(30)31)14-28(21(19)12-17)13-15-4-2-1-3-5-15/h1-12,14H,13H2,(H,30,31). The van der Waals surface area contributed by atoms with Gasteiger partial charge >= 0.3 is 12.3 Å². The van der Waals surface area contributed by atoms with E-state index in [1.54, 1.807) is 22.8 Å². The van der Waals surface area contributed by atoms with Crippen LogP contribution in [0.4, 0.5) is 13.2 Å². The Kier molecular flexibility index (Phi) is 5.44. The van der Waals surface area contributed by atoms with Gasteiger partial charge in [0, 0.05) is 23.6 Å². The molecule has 4 aromatic rings.